The SMILES string of the molecule is CNC(C)(c1nc(C(C)(C)C)cs1)C(C)C. The van der Waals surface area contributed by atoms with Gasteiger partial charge < -0.3 is 5.32 Å². The molecular weight excluding hydrogens is 216 g/mol. The summed E-state index contributed by atoms with van der Waals surface area (Å²) in [5.74, 6) is 0.525. The van der Waals surface area contributed by atoms with E-state index < -0.39 is 0 Å². The van der Waals surface area contributed by atoms with Gasteiger partial charge in [-0.05, 0) is 19.9 Å². The number of rotatable bonds is 3. The summed E-state index contributed by atoms with van der Waals surface area (Å²) in [7, 11) is 2.01. The zero-order chi connectivity index (χ0) is 12.6. The summed E-state index contributed by atoms with van der Waals surface area (Å²) < 4.78 is 0. The van der Waals surface area contributed by atoms with Gasteiger partial charge in [-0.3, -0.25) is 0 Å². The quantitative estimate of drug-likeness (QED) is 0.874. The van der Waals surface area contributed by atoms with E-state index in [2.05, 4.69) is 52.2 Å². The molecule has 0 spiro atoms. The highest BCUT2D eigenvalue weighted by Crippen LogP contribution is 2.33. The van der Waals surface area contributed by atoms with E-state index in [1.807, 2.05) is 7.05 Å². The molecule has 0 radical (unpaired) electrons. The van der Waals surface area contributed by atoms with Crippen LogP contribution in [0.1, 0.15) is 52.2 Å². The van der Waals surface area contributed by atoms with Crippen molar-refractivity contribution < 1.29 is 0 Å². The molecule has 1 aromatic heterocycles. The van der Waals surface area contributed by atoms with Crippen LogP contribution in [0.4, 0.5) is 0 Å². The van der Waals surface area contributed by atoms with E-state index >= 15 is 0 Å². The fraction of sp³-hybridized carbons (Fsp3) is 0.769. The lowest BCUT2D eigenvalue weighted by Crippen LogP contribution is -2.41. The van der Waals surface area contributed by atoms with Crippen molar-refractivity contribution in [1.82, 2.24) is 10.3 Å². The maximum Gasteiger partial charge on any atom is 0.113 e. The molecule has 0 saturated heterocycles. The van der Waals surface area contributed by atoms with Gasteiger partial charge in [0.2, 0.25) is 0 Å². The van der Waals surface area contributed by atoms with Crippen LogP contribution in [0.25, 0.3) is 0 Å². The van der Waals surface area contributed by atoms with Gasteiger partial charge >= 0.3 is 0 Å². The van der Waals surface area contributed by atoms with Crippen molar-refractivity contribution in [2.45, 2.75) is 52.5 Å². The van der Waals surface area contributed by atoms with E-state index in [9.17, 15) is 0 Å². The summed E-state index contributed by atoms with van der Waals surface area (Å²) in [5.41, 5.74) is 1.31. The number of nitrogens with zero attached hydrogens (tertiary/aromatic N) is 1. The van der Waals surface area contributed by atoms with E-state index in [0.717, 1.165) is 0 Å². The first-order chi connectivity index (χ1) is 7.21. The van der Waals surface area contributed by atoms with Crippen LogP contribution >= 0.6 is 11.3 Å². The molecule has 0 fully saturated rings. The van der Waals surface area contributed by atoms with E-state index in [0.29, 0.717) is 5.92 Å². The number of hydrogen-bond acceptors (Lipinski definition) is 3. The molecule has 2 nitrogen and oxygen atoms in total. The number of aromatic nitrogens is 1. The molecule has 1 atom stereocenters. The van der Waals surface area contributed by atoms with Gasteiger partial charge in [-0.15, -0.1) is 11.3 Å². The van der Waals surface area contributed by atoms with E-state index in [-0.39, 0.29) is 11.0 Å². The van der Waals surface area contributed by atoms with Gasteiger partial charge in [0.15, 0.2) is 0 Å². The highest BCUT2D eigenvalue weighted by Gasteiger charge is 2.32. The van der Waals surface area contributed by atoms with Crippen molar-refractivity contribution >= 4 is 11.3 Å². The van der Waals surface area contributed by atoms with Crippen LogP contribution in [0.15, 0.2) is 5.38 Å². The molecular formula is C13H24N2S. The summed E-state index contributed by atoms with van der Waals surface area (Å²) in [4.78, 5) is 4.80. The lowest BCUT2D eigenvalue weighted by molar-refractivity contribution is 0.284. The van der Waals surface area contributed by atoms with Crippen molar-refractivity contribution in [3.63, 3.8) is 0 Å². The molecule has 1 aromatic rings. The van der Waals surface area contributed by atoms with Gasteiger partial charge in [0.1, 0.15) is 5.01 Å². The Morgan fingerprint density at radius 1 is 1.25 bits per heavy atom. The van der Waals surface area contributed by atoms with Gasteiger partial charge in [0.05, 0.1) is 11.2 Å². The fourth-order valence-electron chi connectivity index (χ4n) is 1.50. The minimum Gasteiger partial charge on any atom is -0.308 e. The largest absolute Gasteiger partial charge is 0.308 e. The average Bonchev–Trinajstić information content (AvgIpc) is 2.64. The Morgan fingerprint density at radius 2 is 1.81 bits per heavy atom. The highest BCUT2D eigenvalue weighted by molar-refractivity contribution is 7.09. The Hall–Kier alpha value is -0.410. The van der Waals surface area contributed by atoms with Crippen molar-refractivity contribution in [3.8, 4) is 0 Å². The summed E-state index contributed by atoms with van der Waals surface area (Å²) >= 11 is 1.76. The van der Waals surface area contributed by atoms with Crippen LogP contribution in [-0.4, -0.2) is 12.0 Å². The molecule has 1 heterocycles. The number of thiazole rings is 1. The van der Waals surface area contributed by atoms with Crippen LogP contribution in [-0.2, 0) is 11.0 Å². The molecule has 0 bridgehead atoms. The van der Waals surface area contributed by atoms with Gasteiger partial charge in [-0.2, -0.15) is 0 Å². The highest BCUT2D eigenvalue weighted by atomic mass is 32.1. The molecule has 3 heteroatoms. The minimum atomic E-state index is -0.0197. The first-order valence-corrected chi connectivity index (χ1v) is 6.75. The van der Waals surface area contributed by atoms with Crippen molar-refractivity contribution in [1.29, 1.82) is 0 Å². The summed E-state index contributed by atoms with van der Waals surface area (Å²) in [6.07, 6.45) is 0. The van der Waals surface area contributed by atoms with Crippen molar-refractivity contribution in [3.05, 3.63) is 16.1 Å². The molecule has 0 aliphatic carbocycles. The predicted molar refractivity (Wildman–Crippen MR) is 72.1 cm³/mol. The van der Waals surface area contributed by atoms with Crippen LogP contribution in [0, 0.1) is 5.92 Å². The Labute approximate surface area is 103 Å². The standard InChI is InChI=1S/C13H24N2S/c1-9(2)13(6,14-7)11-15-10(8-16-11)12(3,4)5/h8-9,14H,1-7H3. The van der Waals surface area contributed by atoms with Gasteiger partial charge in [0.25, 0.3) is 0 Å². The van der Waals surface area contributed by atoms with Crippen molar-refractivity contribution in [2.75, 3.05) is 7.05 Å². The van der Waals surface area contributed by atoms with Crippen molar-refractivity contribution in [2.24, 2.45) is 5.92 Å². The Balaban J connectivity index is 3.10. The first-order valence-electron chi connectivity index (χ1n) is 5.87. The molecule has 0 saturated carbocycles. The maximum atomic E-state index is 4.80. The molecule has 0 aliphatic rings. The topological polar surface area (TPSA) is 24.9 Å². The van der Waals surface area contributed by atoms with Gasteiger partial charge in [0, 0.05) is 10.8 Å². The lowest BCUT2D eigenvalue weighted by atomic mass is 9.88. The Kier molecular flexibility index (Phi) is 3.80. The molecule has 0 aromatic carbocycles. The average molecular weight is 240 g/mol. The molecule has 1 rings (SSSR count). The monoisotopic (exact) mass is 240 g/mol. The summed E-state index contributed by atoms with van der Waals surface area (Å²) in [6.45, 7) is 13.3. The van der Waals surface area contributed by atoms with Crippen LogP contribution < -0.4 is 5.32 Å². The second kappa shape index (κ2) is 4.46. The molecule has 92 valence electrons. The van der Waals surface area contributed by atoms with Crippen LogP contribution in [0.5, 0.6) is 0 Å². The van der Waals surface area contributed by atoms with Crippen LogP contribution in [0.3, 0.4) is 0 Å². The maximum absolute atomic E-state index is 4.80. The molecule has 16 heavy (non-hydrogen) atoms. The number of nitrogens with one attached hydrogen (secondary N) is 1. The third-order valence-electron chi connectivity index (χ3n) is 3.39. The molecule has 0 amide bonds. The third kappa shape index (κ3) is 2.46. The second-order valence-electron chi connectivity index (χ2n) is 5.89. The molecule has 0 aliphatic heterocycles. The zero-order valence-corrected chi connectivity index (χ0v) is 12.3. The molecule has 1 N–H and O–H groups in total. The normalized spacial score (nSPS) is 16.5. The Morgan fingerprint density at radius 3 is 2.12 bits per heavy atom. The Bertz CT molecular complexity index is 349. The summed E-state index contributed by atoms with van der Waals surface area (Å²) in [6, 6.07) is 0. The first kappa shape index (κ1) is 13.7. The molecule has 1 unspecified atom stereocenters. The van der Waals surface area contributed by atoms with Gasteiger partial charge in [-0.25, -0.2) is 4.98 Å². The summed E-state index contributed by atoms with van der Waals surface area (Å²) in [5, 5.41) is 6.78. The van der Waals surface area contributed by atoms with E-state index in [1.165, 1.54) is 10.7 Å². The van der Waals surface area contributed by atoms with Gasteiger partial charge in [-0.1, -0.05) is 34.6 Å². The van der Waals surface area contributed by atoms with E-state index in [4.69, 9.17) is 4.98 Å². The fourth-order valence-corrected chi connectivity index (χ4v) is 2.86. The zero-order valence-electron chi connectivity index (χ0n) is 11.5. The second-order valence-corrected chi connectivity index (χ2v) is 6.75. The predicted octanol–water partition coefficient (Wildman–Crippen LogP) is 3.53. The smallest absolute Gasteiger partial charge is 0.113 e. The lowest BCUT2D eigenvalue weighted by Gasteiger charge is -2.31. The van der Waals surface area contributed by atoms with E-state index in [1.54, 1.807) is 11.3 Å². The number of hydrogen-bond donors (Lipinski definition) is 1. The van der Waals surface area contributed by atoms with Crippen LogP contribution in [0.2, 0.25) is 0 Å². The third-order valence-corrected chi connectivity index (χ3v) is 4.47. The minimum absolute atomic E-state index is 0.0197.